The normalized spacial score (nSPS) is 21.9. The number of hydrogen-bond acceptors (Lipinski definition) is 4. The average Bonchev–Trinajstić information content (AvgIpc) is 2.86. The number of hydrogen-bond donors (Lipinski definition) is 3. The van der Waals surface area contributed by atoms with E-state index < -0.39 is 35.7 Å². The molecule has 0 saturated heterocycles. The van der Waals surface area contributed by atoms with Crippen molar-refractivity contribution in [1.82, 2.24) is 10.2 Å². The predicted octanol–water partition coefficient (Wildman–Crippen LogP) is 2.53. The van der Waals surface area contributed by atoms with Crippen LogP contribution in [0.5, 0.6) is 0 Å². The highest BCUT2D eigenvalue weighted by atomic mass is 16.4. The monoisotopic (exact) mass is 463 g/mol. The van der Waals surface area contributed by atoms with Crippen LogP contribution in [-0.4, -0.2) is 46.8 Å². The van der Waals surface area contributed by atoms with Crippen molar-refractivity contribution in [1.29, 1.82) is 0 Å². The van der Waals surface area contributed by atoms with Crippen LogP contribution in [-0.2, 0) is 16.0 Å². The highest BCUT2D eigenvalue weighted by molar-refractivity contribution is 6.06. The maximum atomic E-state index is 13.6. The molecule has 178 valence electrons. The van der Waals surface area contributed by atoms with Gasteiger partial charge in [-0.2, -0.15) is 0 Å². The van der Waals surface area contributed by atoms with Gasteiger partial charge < -0.3 is 21.1 Å². The van der Waals surface area contributed by atoms with E-state index in [0.29, 0.717) is 25.8 Å². The van der Waals surface area contributed by atoms with Gasteiger partial charge in [0, 0.05) is 13.1 Å². The summed E-state index contributed by atoms with van der Waals surface area (Å²) in [6, 6.07) is 13.7. The molecule has 1 fully saturated rings. The zero-order valence-electron chi connectivity index (χ0n) is 18.9. The number of carbonyl (C=O) groups is 4. The Balaban J connectivity index is 1.59. The van der Waals surface area contributed by atoms with E-state index in [-0.39, 0.29) is 23.6 Å². The summed E-state index contributed by atoms with van der Waals surface area (Å²) in [5.41, 5.74) is 7.76. The molecule has 3 atom stereocenters. The van der Waals surface area contributed by atoms with Crippen molar-refractivity contribution in [2.24, 2.45) is 17.6 Å². The third-order valence-electron chi connectivity index (χ3n) is 6.99. The molecule has 0 unspecified atom stereocenters. The number of carboxylic acids is 1. The molecule has 2 aliphatic rings. The Morgan fingerprint density at radius 3 is 2.29 bits per heavy atom. The highest BCUT2D eigenvalue weighted by Gasteiger charge is 2.41. The Morgan fingerprint density at radius 2 is 1.59 bits per heavy atom. The standard InChI is InChI=1S/C26H29N3O5/c27-23(30)18-9-3-4-10-19(18)24(31)28-15-22-17-8-2-1-7-16(17)13-14-29(22)25(32)20-11-5-6-12-21(20)26(33)34/h1-4,7-10,20-22H,5-6,11-15H2,(H2,27,30)(H,28,31)(H,33,34)/t20-,21+,22-/m1/s1. The van der Waals surface area contributed by atoms with Crippen molar-refractivity contribution in [3.8, 4) is 0 Å². The summed E-state index contributed by atoms with van der Waals surface area (Å²) in [5.74, 6) is -3.49. The zero-order chi connectivity index (χ0) is 24.2. The van der Waals surface area contributed by atoms with Gasteiger partial charge in [0.15, 0.2) is 0 Å². The molecule has 4 rings (SSSR count). The fourth-order valence-electron chi connectivity index (χ4n) is 5.25. The van der Waals surface area contributed by atoms with Crippen molar-refractivity contribution in [3.05, 3.63) is 70.8 Å². The molecule has 0 spiro atoms. The number of rotatable bonds is 6. The Hall–Kier alpha value is -3.68. The van der Waals surface area contributed by atoms with Crippen LogP contribution in [0.1, 0.15) is 63.6 Å². The fraction of sp³-hybridized carbons (Fsp3) is 0.385. The molecule has 3 amide bonds. The van der Waals surface area contributed by atoms with Crippen LogP contribution in [0, 0.1) is 11.8 Å². The van der Waals surface area contributed by atoms with E-state index in [1.807, 2.05) is 24.3 Å². The van der Waals surface area contributed by atoms with E-state index in [1.165, 1.54) is 12.1 Å². The molecular formula is C26H29N3O5. The van der Waals surface area contributed by atoms with Gasteiger partial charge in [-0.25, -0.2) is 0 Å². The van der Waals surface area contributed by atoms with Crippen LogP contribution in [0.2, 0.25) is 0 Å². The van der Waals surface area contributed by atoms with Crippen molar-refractivity contribution < 1.29 is 24.3 Å². The maximum absolute atomic E-state index is 13.6. The molecule has 34 heavy (non-hydrogen) atoms. The molecule has 1 heterocycles. The molecule has 0 aromatic heterocycles. The number of nitrogens with one attached hydrogen (secondary N) is 1. The first-order chi connectivity index (χ1) is 16.4. The second-order valence-corrected chi connectivity index (χ2v) is 8.95. The third-order valence-corrected chi connectivity index (χ3v) is 6.99. The summed E-state index contributed by atoms with van der Waals surface area (Å²) < 4.78 is 0. The lowest BCUT2D eigenvalue weighted by Gasteiger charge is -2.41. The molecule has 1 saturated carbocycles. The van der Waals surface area contributed by atoms with E-state index in [9.17, 15) is 24.3 Å². The van der Waals surface area contributed by atoms with E-state index >= 15 is 0 Å². The number of aliphatic carboxylic acids is 1. The van der Waals surface area contributed by atoms with Gasteiger partial charge in [0.05, 0.1) is 29.0 Å². The maximum Gasteiger partial charge on any atom is 0.307 e. The largest absolute Gasteiger partial charge is 0.481 e. The second kappa shape index (κ2) is 10.1. The number of fused-ring (bicyclic) bond motifs is 1. The lowest BCUT2D eigenvalue weighted by molar-refractivity contribution is -0.153. The molecule has 4 N–H and O–H groups in total. The molecule has 1 aliphatic carbocycles. The van der Waals surface area contributed by atoms with E-state index in [2.05, 4.69) is 5.32 Å². The molecule has 2 aromatic rings. The topological polar surface area (TPSA) is 130 Å². The molecule has 8 heteroatoms. The van der Waals surface area contributed by atoms with Crippen LogP contribution in [0.4, 0.5) is 0 Å². The summed E-state index contributed by atoms with van der Waals surface area (Å²) in [6.45, 7) is 0.593. The van der Waals surface area contributed by atoms with E-state index in [1.54, 1.807) is 17.0 Å². The average molecular weight is 464 g/mol. The Morgan fingerprint density at radius 1 is 0.941 bits per heavy atom. The first-order valence-corrected chi connectivity index (χ1v) is 11.7. The van der Waals surface area contributed by atoms with Crippen molar-refractivity contribution in [3.63, 3.8) is 0 Å². The first kappa shape index (κ1) is 23.5. The summed E-state index contributed by atoms with van der Waals surface area (Å²) in [7, 11) is 0. The summed E-state index contributed by atoms with van der Waals surface area (Å²) >= 11 is 0. The SMILES string of the molecule is NC(=O)c1ccccc1C(=O)NC[C@@H]1c2ccccc2CCN1C(=O)[C@@H]1CCCC[C@@H]1C(=O)O. The number of primary amides is 1. The minimum absolute atomic E-state index is 0.128. The zero-order valence-corrected chi connectivity index (χ0v) is 18.9. The summed E-state index contributed by atoms with van der Waals surface area (Å²) in [5, 5.41) is 12.6. The van der Waals surface area contributed by atoms with Crippen LogP contribution >= 0.6 is 0 Å². The van der Waals surface area contributed by atoms with Gasteiger partial charge in [0.25, 0.3) is 5.91 Å². The number of nitrogens with two attached hydrogens (primary N) is 1. The van der Waals surface area contributed by atoms with Gasteiger partial charge in [0.2, 0.25) is 11.8 Å². The van der Waals surface area contributed by atoms with Crippen molar-refractivity contribution in [2.75, 3.05) is 13.1 Å². The Labute approximate surface area is 198 Å². The molecule has 8 nitrogen and oxygen atoms in total. The second-order valence-electron chi connectivity index (χ2n) is 8.95. The van der Waals surface area contributed by atoms with Crippen LogP contribution in [0.15, 0.2) is 48.5 Å². The van der Waals surface area contributed by atoms with Crippen LogP contribution in [0.25, 0.3) is 0 Å². The predicted molar refractivity (Wildman–Crippen MR) is 125 cm³/mol. The van der Waals surface area contributed by atoms with Gasteiger partial charge in [-0.15, -0.1) is 0 Å². The molecule has 0 radical (unpaired) electrons. The molecule has 1 aliphatic heterocycles. The smallest absolute Gasteiger partial charge is 0.307 e. The number of carboxylic acid groups (broad SMARTS) is 1. The summed E-state index contributed by atoms with van der Waals surface area (Å²) in [6.07, 6.45) is 3.36. The van der Waals surface area contributed by atoms with Gasteiger partial charge in [-0.05, 0) is 42.5 Å². The third kappa shape index (κ3) is 4.66. The quantitative estimate of drug-likeness (QED) is 0.606. The van der Waals surface area contributed by atoms with Gasteiger partial charge >= 0.3 is 5.97 Å². The fourth-order valence-corrected chi connectivity index (χ4v) is 5.25. The van der Waals surface area contributed by atoms with Gasteiger partial charge in [-0.1, -0.05) is 49.2 Å². The minimum Gasteiger partial charge on any atom is -0.481 e. The summed E-state index contributed by atoms with van der Waals surface area (Å²) in [4.78, 5) is 51.9. The number of carbonyl (C=O) groups excluding carboxylic acids is 3. The van der Waals surface area contributed by atoms with Crippen molar-refractivity contribution in [2.45, 2.75) is 38.1 Å². The Kier molecular flexibility index (Phi) is 6.95. The highest BCUT2D eigenvalue weighted by Crippen LogP contribution is 2.36. The van der Waals surface area contributed by atoms with E-state index in [0.717, 1.165) is 24.0 Å². The van der Waals surface area contributed by atoms with Crippen molar-refractivity contribution >= 4 is 23.7 Å². The first-order valence-electron chi connectivity index (χ1n) is 11.7. The van der Waals surface area contributed by atoms with Crippen LogP contribution < -0.4 is 11.1 Å². The minimum atomic E-state index is -0.927. The van der Waals surface area contributed by atoms with Gasteiger partial charge in [0.1, 0.15) is 0 Å². The number of nitrogens with zero attached hydrogens (tertiary/aromatic N) is 1. The lowest BCUT2D eigenvalue weighted by atomic mass is 9.77. The van der Waals surface area contributed by atoms with Gasteiger partial charge in [-0.3, -0.25) is 19.2 Å². The number of amides is 3. The number of benzene rings is 2. The molecule has 0 bridgehead atoms. The van der Waals surface area contributed by atoms with Crippen LogP contribution in [0.3, 0.4) is 0 Å². The Bertz CT molecular complexity index is 1120. The van der Waals surface area contributed by atoms with E-state index in [4.69, 9.17) is 5.73 Å². The lowest BCUT2D eigenvalue weighted by Crippen LogP contribution is -2.49. The molecule has 2 aromatic carbocycles. The molecular weight excluding hydrogens is 434 g/mol.